The van der Waals surface area contributed by atoms with Crippen LogP contribution < -0.4 is 0 Å². The summed E-state index contributed by atoms with van der Waals surface area (Å²) in [4.78, 5) is 16.1. The highest BCUT2D eigenvalue weighted by Gasteiger charge is 2.21. The Morgan fingerprint density at radius 1 is 1.18 bits per heavy atom. The van der Waals surface area contributed by atoms with Crippen LogP contribution in [0.4, 0.5) is 0 Å². The monoisotopic (exact) mass is 258 g/mol. The molecule has 4 heteroatoms. The van der Waals surface area contributed by atoms with E-state index < -0.39 is 0 Å². The maximum Gasteiger partial charge on any atom is 0.232 e. The van der Waals surface area contributed by atoms with Gasteiger partial charge >= 0.3 is 0 Å². The van der Waals surface area contributed by atoms with Crippen molar-refractivity contribution >= 4 is 17.7 Å². The number of rotatable bonds is 6. The molecule has 0 aromatic heterocycles. The molecule has 0 spiro atoms. The summed E-state index contributed by atoms with van der Waals surface area (Å²) in [5.41, 5.74) is 0. The minimum absolute atomic E-state index is 0.306. The van der Waals surface area contributed by atoms with E-state index in [1.807, 2.05) is 11.9 Å². The molecule has 0 aromatic rings. The molecule has 0 radical (unpaired) electrons. The summed E-state index contributed by atoms with van der Waals surface area (Å²) < 4.78 is 0. The number of hydrogen-bond acceptors (Lipinski definition) is 3. The van der Waals surface area contributed by atoms with Gasteiger partial charge in [-0.05, 0) is 26.9 Å². The zero-order valence-corrected chi connectivity index (χ0v) is 12.3. The van der Waals surface area contributed by atoms with Crippen molar-refractivity contribution in [1.82, 2.24) is 9.80 Å². The summed E-state index contributed by atoms with van der Waals surface area (Å²) in [6.07, 6.45) is 6.32. The lowest BCUT2D eigenvalue weighted by Crippen LogP contribution is -2.39. The summed E-state index contributed by atoms with van der Waals surface area (Å²) in [6.45, 7) is 1.05. The van der Waals surface area contributed by atoms with E-state index in [1.165, 1.54) is 32.1 Å². The molecule has 0 unspecified atom stereocenters. The maximum absolute atomic E-state index is 12.0. The van der Waals surface area contributed by atoms with Gasteiger partial charge in [0.25, 0.3) is 0 Å². The molecule has 1 aliphatic rings. The van der Waals surface area contributed by atoms with Crippen LogP contribution in [0.5, 0.6) is 0 Å². The van der Waals surface area contributed by atoms with Gasteiger partial charge in [-0.3, -0.25) is 4.79 Å². The number of thioether (sulfide) groups is 1. The molecular formula is C13H26N2OS. The molecule has 0 heterocycles. The van der Waals surface area contributed by atoms with Crippen LogP contribution in [0.1, 0.15) is 32.1 Å². The molecule has 0 bridgehead atoms. The fraction of sp³-hybridized carbons (Fsp3) is 0.923. The third kappa shape index (κ3) is 5.77. The first-order chi connectivity index (χ1) is 8.11. The summed E-state index contributed by atoms with van der Waals surface area (Å²) in [5, 5.41) is 0. The van der Waals surface area contributed by atoms with Crippen molar-refractivity contribution in [2.45, 2.75) is 38.1 Å². The summed E-state index contributed by atoms with van der Waals surface area (Å²) in [7, 11) is 6.11. The number of hydrogen-bond donors (Lipinski definition) is 0. The van der Waals surface area contributed by atoms with E-state index in [-0.39, 0.29) is 0 Å². The molecule has 0 atom stereocenters. The highest BCUT2D eigenvalue weighted by molar-refractivity contribution is 7.99. The smallest absolute Gasteiger partial charge is 0.232 e. The lowest BCUT2D eigenvalue weighted by atomic mass is 9.94. The number of nitrogens with zero attached hydrogens (tertiary/aromatic N) is 2. The Bertz CT molecular complexity index is 227. The van der Waals surface area contributed by atoms with Gasteiger partial charge in [0.15, 0.2) is 0 Å². The van der Waals surface area contributed by atoms with Gasteiger partial charge in [0, 0.05) is 25.4 Å². The lowest BCUT2D eigenvalue weighted by Gasteiger charge is -2.31. The normalized spacial score (nSPS) is 17.4. The van der Waals surface area contributed by atoms with Gasteiger partial charge in [0.2, 0.25) is 5.91 Å². The molecule has 1 aliphatic carbocycles. The highest BCUT2D eigenvalue weighted by Crippen LogP contribution is 2.22. The Kier molecular flexibility index (Phi) is 6.97. The van der Waals surface area contributed by atoms with E-state index in [9.17, 15) is 4.79 Å². The fourth-order valence-electron chi connectivity index (χ4n) is 2.18. The molecule has 0 aromatic carbocycles. The van der Waals surface area contributed by atoms with Gasteiger partial charge < -0.3 is 9.80 Å². The number of amides is 1. The van der Waals surface area contributed by atoms with Crippen molar-refractivity contribution in [2.75, 3.05) is 39.2 Å². The highest BCUT2D eigenvalue weighted by atomic mass is 32.2. The summed E-state index contributed by atoms with van der Waals surface area (Å²) in [5.74, 6) is 1.98. The zero-order valence-electron chi connectivity index (χ0n) is 11.4. The van der Waals surface area contributed by atoms with Crippen LogP contribution in [-0.2, 0) is 4.79 Å². The van der Waals surface area contributed by atoms with Crippen molar-refractivity contribution in [1.29, 1.82) is 0 Å². The Labute approximate surface area is 110 Å². The van der Waals surface area contributed by atoms with Crippen LogP contribution in [0.25, 0.3) is 0 Å². The Hall–Kier alpha value is -0.220. The third-order valence-electron chi connectivity index (χ3n) is 3.42. The first kappa shape index (κ1) is 14.8. The molecule has 1 fully saturated rings. The largest absolute Gasteiger partial charge is 0.342 e. The molecular weight excluding hydrogens is 232 g/mol. The van der Waals surface area contributed by atoms with Crippen molar-refractivity contribution in [2.24, 2.45) is 0 Å². The minimum Gasteiger partial charge on any atom is -0.342 e. The van der Waals surface area contributed by atoms with Gasteiger partial charge in [-0.25, -0.2) is 0 Å². The third-order valence-corrected chi connectivity index (χ3v) is 4.35. The van der Waals surface area contributed by atoms with Crippen molar-refractivity contribution in [3.8, 4) is 0 Å². The SMILES string of the molecule is CN(C)CCSCC(=O)N(C)C1CCCCC1. The molecule has 0 aliphatic heterocycles. The quantitative estimate of drug-likeness (QED) is 0.682. The van der Waals surface area contributed by atoms with E-state index in [0.717, 1.165) is 12.3 Å². The fourth-order valence-corrected chi connectivity index (χ4v) is 3.20. The van der Waals surface area contributed by atoms with Crippen LogP contribution in [0.2, 0.25) is 0 Å². The van der Waals surface area contributed by atoms with Crippen LogP contribution in [0.15, 0.2) is 0 Å². The van der Waals surface area contributed by atoms with Gasteiger partial charge in [-0.15, -0.1) is 0 Å². The zero-order chi connectivity index (χ0) is 12.7. The molecule has 3 nitrogen and oxygen atoms in total. The molecule has 100 valence electrons. The van der Waals surface area contributed by atoms with E-state index in [1.54, 1.807) is 11.8 Å². The van der Waals surface area contributed by atoms with E-state index >= 15 is 0 Å². The molecule has 0 N–H and O–H groups in total. The molecule has 1 saturated carbocycles. The number of carbonyl (C=O) groups excluding carboxylic acids is 1. The van der Waals surface area contributed by atoms with Crippen LogP contribution in [-0.4, -0.2) is 60.9 Å². The summed E-state index contributed by atoms with van der Waals surface area (Å²) >= 11 is 1.75. The second-order valence-electron chi connectivity index (χ2n) is 5.15. The minimum atomic E-state index is 0.306. The summed E-state index contributed by atoms with van der Waals surface area (Å²) in [6, 6.07) is 0.505. The predicted molar refractivity (Wildman–Crippen MR) is 75.5 cm³/mol. The second kappa shape index (κ2) is 7.98. The van der Waals surface area contributed by atoms with Crippen LogP contribution in [0, 0.1) is 0 Å². The van der Waals surface area contributed by atoms with E-state index in [4.69, 9.17) is 0 Å². The van der Waals surface area contributed by atoms with E-state index in [0.29, 0.717) is 17.7 Å². The van der Waals surface area contributed by atoms with Crippen LogP contribution in [0.3, 0.4) is 0 Å². The first-order valence-corrected chi connectivity index (χ1v) is 7.75. The van der Waals surface area contributed by atoms with Gasteiger partial charge in [0.05, 0.1) is 5.75 Å². The molecule has 1 rings (SSSR count). The topological polar surface area (TPSA) is 23.6 Å². The average Bonchev–Trinajstić information content (AvgIpc) is 2.34. The van der Waals surface area contributed by atoms with Gasteiger partial charge in [-0.1, -0.05) is 19.3 Å². The standard InChI is InChI=1S/C13H26N2OS/c1-14(2)9-10-17-11-13(16)15(3)12-7-5-4-6-8-12/h12H,4-11H2,1-3H3. The predicted octanol–water partition coefficient (Wildman–Crippen LogP) is 2.07. The van der Waals surface area contributed by atoms with Crippen molar-refractivity contribution in [3.63, 3.8) is 0 Å². The van der Waals surface area contributed by atoms with Crippen molar-refractivity contribution in [3.05, 3.63) is 0 Å². The van der Waals surface area contributed by atoms with Gasteiger partial charge in [0.1, 0.15) is 0 Å². The molecule has 1 amide bonds. The lowest BCUT2D eigenvalue weighted by molar-refractivity contribution is -0.129. The Morgan fingerprint density at radius 2 is 1.82 bits per heavy atom. The van der Waals surface area contributed by atoms with Crippen LogP contribution >= 0.6 is 11.8 Å². The van der Waals surface area contributed by atoms with Gasteiger partial charge in [-0.2, -0.15) is 11.8 Å². The number of carbonyl (C=O) groups is 1. The average molecular weight is 258 g/mol. The maximum atomic E-state index is 12.0. The Balaban J connectivity index is 2.17. The van der Waals surface area contributed by atoms with E-state index in [2.05, 4.69) is 19.0 Å². The first-order valence-electron chi connectivity index (χ1n) is 6.59. The molecule has 0 saturated heterocycles. The second-order valence-corrected chi connectivity index (χ2v) is 6.26. The van der Waals surface area contributed by atoms with Crippen molar-refractivity contribution < 1.29 is 4.79 Å². The molecule has 17 heavy (non-hydrogen) atoms. The Morgan fingerprint density at radius 3 is 2.41 bits per heavy atom.